The summed E-state index contributed by atoms with van der Waals surface area (Å²) in [4.78, 5) is 0.220. The molecule has 0 amide bonds. The van der Waals surface area contributed by atoms with Gasteiger partial charge in [-0.1, -0.05) is 17.7 Å². The predicted molar refractivity (Wildman–Crippen MR) is 83.8 cm³/mol. The molecule has 1 aromatic rings. The molecule has 0 aromatic heterocycles. The van der Waals surface area contributed by atoms with Gasteiger partial charge in [-0.05, 0) is 55.7 Å². The number of nitrogens with zero attached hydrogens (tertiary/aromatic N) is 1. The zero-order valence-electron chi connectivity index (χ0n) is 12.1. The number of aryl methyl sites for hydroxylation is 1. The Bertz CT molecular complexity index is 647. The van der Waals surface area contributed by atoms with Gasteiger partial charge in [-0.2, -0.15) is 4.31 Å². The smallest absolute Gasteiger partial charge is 0.244 e. The molecule has 4 nitrogen and oxygen atoms in total. The zero-order chi connectivity index (χ0) is 15.2. The fourth-order valence-corrected chi connectivity index (χ4v) is 5.70. The van der Waals surface area contributed by atoms with Gasteiger partial charge < -0.3 is 5.73 Å². The van der Waals surface area contributed by atoms with Crippen LogP contribution >= 0.6 is 11.6 Å². The van der Waals surface area contributed by atoms with Crippen LogP contribution in [0.1, 0.15) is 24.8 Å². The Hall–Kier alpha value is -0.620. The van der Waals surface area contributed by atoms with Gasteiger partial charge in [0.1, 0.15) is 4.90 Å². The normalized spacial score (nSPS) is 30.3. The van der Waals surface area contributed by atoms with Gasteiger partial charge in [0, 0.05) is 19.1 Å². The number of hydrogen-bond donors (Lipinski definition) is 1. The SMILES string of the molecule is Cc1ccc(S(=O)(=O)N2C[C@H]3CCC(N)C[C@H]3C2)c(Cl)c1. The van der Waals surface area contributed by atoms with Crippen molar-refractivity contribution >= 4 is 21.6 Å². The zero-order valence-corrected chi connectivity index (χ0v) is 13.7. The van der Waals surface area contributed by atoms with E-state index in [9.17, 15) is 8.42 Å². The molecule has 3 atom stereocenters. The summed E-state index contributed by atoms with van der Waals surface area (Å²) in [7, 11) is -3.50. The summed E-state index contributed by atoms with van der Waals surface area (Å²) in [6, 6.07) is 5.32. The van der Waals surface area contributed by atoms with Crippen LogP contribution in [-0.2, 0) is 10.0 Å². The van der Waals surface area contributed by atoms with E-state index >= 15 is 0 Å². The maximum absolute atomic E-state index is 12.8. The molecule has 1 heterocycles. The van der Waals surface area contributed by atoms with Gasteiger partial charge in [-0.3, -0.25) is 0 Å². The molecule has 1 aliphatic carbocycles. The van der Waals surface area contributed by atoms with E-state index in [2.05, 4.69) is 0 Å². The van der Waals surface area contributed by atoms with Gasteiger partial charge in [0.05, 0.1) is 5.02 Å². The average Bonchev–Trinajstić information content (AvgIpc) is 2.81. The second-order valence-corrected chi connectivity index (χ2v) is 8.66. The Balaban J connectivity index is 1.86. The average molecular weight is 329 g/mol. The monoisotopic (exact) mass is 328 g/mol. The van der Waals surface area contributed by atoms with Crippen LogP contribution in [0, 0.1) is 18.8 Å². The molecule has 1 saturated heterocycles. The van der Waals surface area contributed by atoms with E-state index in [1.54, 1.807) is 22.5 Å². The van der Waals surface area contributed by atoms with Crippen molar-refractivity contribution in [2.45, 2.75) is 37.1 Å². The molecule has 1 saturated carbocycles. The molecule has 2 N–H and O–H groups in total. The Morgan fingerprint density at radius 1 is 1.24 bits per heavy atom. The van der Waals surface area contributed by atoms with Crippen LogP contribution in [-0.4, -0.2) is 31.9 Å². The fourth-order valence-electron chi connectivity index (χ4n) is 3.58. The third-order valence-electron chi connectivity index (χ3n) is 4.76. The highest BCUT2D eigenvalue weighted by molar-refractivity contribution is 7.89. The number of sulfonamides is 1. The summed E-state index contributed by atoms with van der Waals surface area (Å²) in [5.74, 6) is 0.844. The molecule has 2 fully saturated rings. The Morgan fingerprint density at radius 3 is 2.67 bits per heavy atom. The fraction of sp³-hybridized carbons (Fsp3) is 0.600. The minimum Gasteiger partial charge on any atom is -0.328 e. The molecule has 0 radical (unpaired) electrons. The standard InChI is InChI=1S/C15H21ClN2O2S/c1-10-2-5-15(14(16)6-10)21(19,20)18-8-11-3-4-13(17)7-12(11)9-18/h2,5-6,11-13H,3-4,7-9,17H2,1H3/t11-,12+,13?/m1/s1. The second-order valence-electron chi connectivity index (χ2n) is 6.35. The van der Waals surface area contributed by atoms with E-state index in [-0.39, 0.29) is 10.9 Å². The first-order valence-electron chi connectivity index (χ1n) is 7.40. The van der Waals surface area contributed by atoms with Crippen molar-refractivity contribution < 1.29 is 8.42 Å². The summed E-state index contributed by atoms with van der Waals surface area (Å²) < 4.78 is 27.2. The Labute approximate surface area is 131 Å². The number of fused-ring (bicyclic) bond motifs is 1. The molecule has 2 aliphatic rings. The summed E-state index contributed by atoms with van der Waals surface area (Å²) >= 11 is 6.14. The van der Waals surface area contributed by atoms with Gasteiger partial charge in [-0.25, -0.2) is 8.42 Å². The third kappa shape index (κ3) is 2.84. The van der Waals surface area contributed by atoms with Crippen LogP contribution in [0.25, 0.3) is 0 Å². The quantitative estimate of drug-likeness (QED) is 0.906. The van der Waals surface area contributed by atoms with Crippen molar-refractivity contribution in [2.24, 2.45) is 17.6 Å². The predicted octanol–water partition coefficient (Wildman–Crippen LogP) is 2.40. The number of rotatable bonds is 2. The lowest BCUT2D eigenvalue weighted by Crippen LogP contribution is -2.32. The van der Waals surface area contributed by atoms with E-state index < -0.39 is 10.0 Å². The highest BCUT2D eigenvalue weighted by Gasteiger charge is 2.42. The molecule has 1 aromatic carbocycles. The van der Waals surface area contributed by atoms with E-state index in [1.165, 1.54) is 0 Å². The largest absolute Gasteiger partial charge is 0.328 e. The molecule has 0 bridgehead atoms. The molecule has 21 heavy (non-hydrogen) atoms. The first-order valence-corrected chi connectivity index (χ1v) is 9.21. The number of nitrogens with two attached hydrogens (primary N) is 1. The van der Waals surface area contributed by atoms with Crippen LogP contribution in [0.5, 0.6) is 0 Å². The molecule has 1 unspecified atom stereocenters. The number of halogens is 1. The molecular formula is C15H21ClN2O2S. The topological polar surface area (TPSA) is 63.4 Å². The van der Waals surface area contributed by atoms with Gasteiger partial charge in [0.25, 0.3) is 0 Å². The summed E-state index contributed by atoms with van der Waals surface area (Å²) in [5, 5.41) is 0.307. The molecule has 6 heteroatoms. The summed E-state index contributed by atoms with van der Waals surface area (Å²) in [6.45, 7) is 3.07. The van der Waals surface area contributed by atoms with Gasteiger partial charge >= 0.3 is 0 Å². The van der Waals surface area contributed by atoms with Gasteiger partial charge in [-0.15, -0.1) is 0 Å². The minimum absolute atomic E-state index is 0.219. The lowest BCUT2D eigenvalue weighted by Gasteiger charge is -2.28. The van der Waals surface area contributed by atoms with E-state index in [4.69, 9.17) is 17.3 Å². The van der Waals surface area contributed by atoms with Crippen molar-refractivity contribution in [3.05, 3.63) is 28.8 Å². The van der Waals surface area contributed by atoms with Gasteiger partial charge in [0.15, 0.2) is 0 Å². The van der Waals surface area contributed by atoms with Gasteiger partial charge in [0.2, 0.25) is 10.0 Å². The van der Waals surface area contributed by atoms with Crippen LogP contribution in [0.2, 0.25) is 5.02 Å². The highest BCUT2D eigenvalue weighted by Crippen LogP contribution is 2.38. The van der Waals surface area contributed by atoms with E-state index in [0.717, 1.165) is 24.8 Å². The summed E-state index contributed by atoms with van der Waals surface area (Å²) in [5.41, 5.74) is 6.97. The lowest BCUT2D eigenvalue weighted by atomic mass is 9.79. The van der Waals surface area contributed by atoms with Crippen molar-refractivity contribution in [3.63, 3.8) is 0 Å². The van der Waals surface area contributed by atoms with Crippen molar-refractivity contribution in [1.82, 2.24) is 4.31 Å². The third-order valence-corrected chi connectivity index (χ3v) is 7.08. The maximum atomic E-state index is 12.8. The Kier molecular flexibility index (Phi) is 4.03. The second kappa shape index (κ2) is 5.54. The lowest BCUT2D eigenvalue weighted by molar-refractivity contribution is 0.271. The molecule has 3 rings (SSSR count). The number of benzene rings is 1. The van der Waals surface area contributed by atoms with Crippen LogP contribution in [0.15, 0.2) is 23.1 Å². The maximum Gasteiger partial charge on any atom is 0.244 e. The first-order chi connectivity index (χ1) is 9.88. The Morgan fingerprint density at radius 2 is 1.95 bits per heavy atom. The molecular weight excluding hydrogens is 308 g/mol. The van der Waals surface area contributed by atoms with Crippen LogP contribution in [0.3, 0.4) is 0 Å². The van der Waals surface area contributed by atoms with Crippen molar-refractivity contribution in [1.29, 1.82) is 0 Å². The minimum atomic E-state index is -3.50. The summed E-state index contributed by atoms with van der Waals surface area (Å²) in [6.07, 6.45) is 2.96. The molecule has 0 spiro atoms. The van der Waals surface area contributed by atoms with Crippen LogP contribution < -0.4 is 5.73 Å². The van der Waals surface area contributed by atoms with E-state index in [0.29, 0.717) is 29.9 Å². The van der Waals surface area contributed by atoms with Crippen LogP contribution in [0.4, 0.5) is 0 Å². The number of hydrogen-bond acceptors (Lipinski definition) is 3. The first kappa shape index (κ1) is 15.3. The van der Waals surface area contributed by atoms with Crippen molar-refractivity contribution in [2.75, 3.05) is 13.1 Å². The molecule has 116 valence electrons. The molecule has 1 aliphatic heterocycles. The van der Waals surface area contributed by atoms with Crippen molar-refractivity contribution in [3.8, 4) is 0 Å². The highest BCUT2D eigenvalue weighted by atomic mass is 35.5. The van der Waals surface area contributed by atoms with E-state index in [1.807, 2.05) is 6.92 Å².